The molecule has 0 atom stereocenters. The van der Waals surface area contributed by atoms with Crippen molar-refractivity contribution in [2.24, 2.45) is 0 Å². The molecule has 1 aromatic rings. The summed E-state index contributed by atoms with van der Waals surface area (Å²) < 4.78 is 13.8. The van der Waals surface area contributed by atoms with Crippen molar-refractivity contribution in [3.05, 3.63) is 28.0 Å². The average molecular weight is 273 g/mol. The molecule has 1 fully saturated rings. The Bertz CT molecular complexity index is 362. The lowest BCUT2D eigenvalue weighted by Crippen LogP contribution is -2.19. The van der Waals surface area contributed by atoms with E-state index in [4.69, 9.17) is 5.73 Å². The van der Waals surface area contributed by atoms with Crippen LogP contribution >= 0.6 is 15.9 Å². The standard InChI is InChI=1S/C11H14BrFN2/c12-10-6-9(13)5-8(11(10)14)7-15-3-1-2-4-15/h5-6H,1-4,7,14H2. The number of benzene rings is 1. The van der Waals surface area contributed by atoms with Crippen LogP contribution in [0.2, 0.25) is 0 Å². The van der Waals surface area contributed by atoms with Gasteiger partial charge < -0.3 is 5.73 Å². The van der Waals surface area contributed by atoms with Crippen LogP contribution < -0.4 is 5.73 Å². The smallest absolute Gasteiger partial charge is 0.124 e. The third kappa shape index (κ3) is 2.49. The van der Waals surface area contributed by atoms with Crippen LogP contribution in [0.3, 0.4) is 0 Å². The SMILES string of the molecule is Nc1c(Br)cc(F)cc1CN1CCCC1. The Labute approximate surface area is 97.4 Å². The predicted molar refractivity (Wildman–Crippen MR) is 63.0 cm³/mol. The molecule has 15 heavy (non-hydrogen) atoms. The number of rotatable bonds is 2. The second kappa shape index (κ2) is 4.49. The van der Waals surface area contributed by atoms with Crippen LogP contribution in [0.5, 0.6) is 0 Å². The highest BCUT2D eigenvalue weighted by atomic mass is 79.9. The monoisotopic (exact) mass is 272 g/mol. The first-order valence-electron chi connectivity index (χ1n) is 5.12. The van der Waals surface area contributed by atoms with E-state index in [-0.39, 0.29) is 5.82 Å². The third-order valence-electron chi connectivity index (χ3n) is 2.77. The number of hydrogen-bond donors (Lipinski definition) is 1. The van der Waals surface area contributed by atoms with Crippen molar-refractivity contribution >= 4 is 21.6 Å². The lowest BCUT2D eigenvalue weighted by molar-refractivity contribution is 0.331. The van der Waals surface area contributed by atoms with Gasteiger partial charge in [0.25, 0.3) is 0 Å². The summed E-state index contributed by atoms with van der Waals surface area (Å²) in [6.07, 6.45) is 2.47. The van der Waals surface area contributed by atoms with E-state index in [9.17, 15) is 4.39 Å². The summed E-state index contributed by atoms with van der Waals surface area (Å²) in [7, 11) is 0. The maximum Gasteiger partial charge on any atom is 0.124 e. The van der Waals surface area contributed by atoms with Crippen LogP contribution in [-0.4, -0.2) is 18.0 Å². The zero-order chi connectivity index (χ0) is 10.8. The molecule has 1 aromatic carbocycles. The number of anilines is 1. The summed E-state index contributed by atoms with van der Waals surface area (Å²) >= 11 is 3.26. The molecule has 0 aromatic heterocycles. The van der Waals surface area contributed by atoms with E-state index in [1.165, 1.54) is 25.0 Å². The average Bonchev–Trinajstić information content (AvgIpc) is 2.66. The molecule has 0 spiro atoms. The van der Waals surface area contributed by atoms with E-state index in [1.54, 1.807) is 0 Å². The molecule has 1 aliphatic rings. The van der Waals surface area contributed by atoms with Crippen LogP contribution in [-0.2, 0) is 6.54 Å². The predicted octanol–water partition coefficient (Wildman–Crippen LogP) is 2.77. The largest absolute Gasteiger partial charge is 0.398 e. The Hall–Kier alpha value is -0.610. The number of hydrogen-bond acceptors (Lipinski definition) is 2. The molecule has 0 saturated carbocycles. The maximum absolute atomic E-state index is 13.2. The molecule has 0 aliphatic carbocycles. The van der Waals surface area contributed by atoms with Crippen molar-refractivity contribution in [2.45, 2.75) is 19.4 Å². The topological polar surface area (TPSA) is 29.3 Å². The minimum atomic E-state index is -0.231. The molecule has 1 aliphatic heterocycles. The number of nitrogens with zero attached hydrogens (tertiary/aromatic N) is 1. The fourth-order valence-corrected chi connectivity index (χ4v) is 2.42. The van der Waals surface area contributed by atoms with Gasteiger partial charge in [0.15, 0.2) is 0 Å². The third-order valence-corrected chi connectivity index (χ3v) is 3.43. The summed E-state index contributed by atoms with van der Waals surface area (Å²) in [6, 6.07) is 2.93. The summed E-state index contributed by atoms with van der Waals surface area (Å²) in [5, 5.41) is 0. The van der Waals surface area contributed by atoms with E-state index in [2.05, 4.69) is 20.8 Å². The molecule has 2 nitrogen and oxygen atoms in total. The summed E-state index contributed by atoms with van der Waals surface area (Å²) in [6.45, 7) is 2.93. The molecular weight excluding hydrogens is 259 g/mol. The van der Waals surface area contributed by atoms with Crippen molar-refractivity contribution in [3.63, 3.8) is 0 Å². The van der Waals surface area contributed by atoms with Gasteiger partial charge in [0.05, 0.1) is 5.69 Å². The van der Waals surface area contributed by atoms with Gasteiger partial charge in [-0.3, -0.25) is 4.90 Å². The second-order valence-electron chi connectivity index (χ2n) is 3.94. The van der Waals surface area contributed by atoms with Crippen LogP contribution in [0, 0.1) is 5.82 Å². The minimum Gasteiger partial charge on any atom is -0.398 e. The Morgan fingerprint density at radius 3 is 2.67 bits per heavy atom. The van der Waals surface area contributed by atoms with Gasteiger partial charge in [-0.25, -0.2) is 4.39 Å². The molecule has 0 radical (unpaired) electrons. The molecule has 2 N–H and O–H groups in total. The molecule has 82 valence electrons. The fraction of sp³-hybridized carbons (Fsp3) is 0.455. The van der Waals surface area contributed by atoms with Gasteiger partial charge >= 0.3 is 0 Å². The van der Waals surface area contributed by atoms with E-state index >= 15 is 0 Å². The fourth-order valence-electron chi connectivity index (χ4n) is 1.95. The quantitative estimate of drug-likeness (QED) is 0.839. The Balaban J connectivity index is 2.19. The van der Waals surface area contributed by atoms with Gasteiger partial charge in [-0.15, -0.1) is 0 Å². The summed E-state index contributed by atoms with van der Waals surface area (Å²) in [5.41, 5.74) is 7.42. The van der Waals surface area contributed by atoms with Crippen LogP contribution in [0.1, 0.15) is 18.4 Å². The first-order chi connectivity index (χ1) is 7.16. The van der Waals surface area contributed by atoms with Crippen LogP contribution in [0.4, 0.5) is 10.1 Å². The molecular formula is C11H14BrFN2. The van der Waals surface area contributed by atoms with Gasteiger partial charge in [0.1, 0.15) is 5.82 Å². The van der Waals surface area contributed by atoms with Crippen molar-refractivity contribution in [2.75, 3.05) is 18.8 Å². The van der Waals surface area contributed by atoms with E-state index in [0.717, 1.165) is 25.2 Å². The maximum atomic E-state index is 13.2. The normalized spacial score (nSPS) is 17.2. The van der Waals surface area contributed by atoms with Crippen LogP contribution in [0.15, 0.2) is 16.6 Å². The van der Waals surface area contributed by atoms with Crippen molar-refractivity contribution in [1.29, 1.82) is 0 Å². The van der Waals surface area contributed by atoms with Crippen molar-refractivity contribution in [1.82, 2.24) is 4.90 Å². The van der Waals surface area contributed by atoms with Crippen molar-refractivity contribution < 1.29 is 4.39 Å². The minimum absolute atomic E-state index is 0.231. The second-order valence-corrected chi connectivity index (χ2v) is 4.80. The summed E-state index contributed by atoms with van der Waals surface area (Å²) in [5.74, 6) is -0.231. The summed E-state index contributed by atoms with van der Waals surface area (Å²) in [4.78, 5) is 2.30. The lowest BCUT2D eigenvalue weighted by atomic mass is 10.1. The first kappa shape index (κ1) is 10.9. The van der Waals surface area contributed by atoms with E-state index < -0.39 is 0 Å². The zero-order valence-electron chi connectivity index (χ0n) is 8.47. The van der Waals surface area contributed by atoms with Gasteiger partial charge in [-0.05, 0) is 59.6 Å². The van der Waals surface area contributed by atoms with Gasteiger partial charge in [0, 0.05) is 11.0 Å². The number of nitrogens with two attached hydrogens (primary N) is 1. The zero-order valence-corrected chi connectivity index (χ0v) is 10.1. The highest BCUT2D eigenvalue weighted by molar-refractivity contribution is 9.10. The van der Waals surface area contributed by atoms with Gasteiger partial charge in [-0.2, -0.15) is 0 Å². The molecule has 1 heterocycles. The van der Waals surface area contributed by atoms with Gasteiger partial charge in [-0.1, -0.05) is 0 Å². The first-order valence-corrected chi connectivity index (χ1v) is 5.92. The molecule has 0 unspecified atom stereocenters. The molecule has 2 rings (SSSR count). The highest BCUT2D eigenvalue weighted by Crippen LogP contribution is 2.26. The number of halogens is 2. The van der Waals surface area contributed by atoms with Crippen LogP contribution in [0.25, 0.3) is 0 Å². The molecule has 4 heteroatoms. The van der Waals surface area contributed by atoms with Gasteiger partial charge in [0.2, 0.25) is 0 Å². The number of likely N-dealkylation sites (tertiary alicyclic amines) is 1. The molecule has 1 saturated heterocycles. The van der Waals surface area contributed by atoms with E-state index in [0.29, 0.717) is 10.2 Å². The Kier molecular flexibility index (Phi) is 3.26. The van der Waals surface area contributed by atoms with E-state index in [1.807, 2.05) is 0 Å². The Morgan fingerprint density at radius 2 is 2.00 bits per heavy atom. The highest BCUT2D eigenvalue weighted by Gasteiger charge is 2.14. The number of nitrogen functional groups attached to an aromatic ring is 1. The molecule has 0 amide bonds. The van der Waals surface area contributed by atoms with Crippen molar-refractivity contribution in [3.8, 4) is 0 Å². The molecule has 0 bridgehead atoms. The Morgan fingerprint density at radius 1 is 1.33 bits per heavy atom. The lowest BCUT2D eigenvalue weighted by Gasteiger charge is -2.16.